The van der Waals surface area contributed by atoms with Crippen LogP contribution in [0.5, 0.6) is 5.75 Å². The summed E-state index contributed by atoms with van der Waals surface area (Å²) >= 11 is 0. The first-order valence-electron chi connectivity index (χ1n) is 4.13. The Labute approximate surface area is 89.9 Å². The molecule has 0 aliphatic heterocycles. The first kappa shape index (κ1) is 13.9. The highest BCUT2D eigenvalue weighted by molar-refractivity contribution is 7.85. The average molecular weight is 233 g/mol. The lowest BCUT2D eigenvalue weighted by Crippen LogP contribution is -1.89. The van der Waals surface area contributed by atoms with Gasteiger partial charge in [0, 0.05) is 5.69 Å². The van der Waals surface area contributed by atoms with E-state index in [1.54, 1.807) is 13.3 Å². The number of hydrogen-bond donors (Lipinski definition) is 1. The summed E-state index contributed by atoms with van der Waals surface area (Å²) < 4.78 is 30.9. The molecular formula is C9H15NO4S. The number of methoxy groups -OCH3 is 1. The molecule has 0 saturated heterocycles. The molecule has 0 radical (unpaired) electrons. The summed E-state index contributed by atoms with van der Waals surface area (Å²) in [6.07, 6.45) is 2.44. The Morgan fingerprint density at radius 1 is 1.40 bits per heavy atom. The van der Waals surface area contributed by atoms with Crippen LogP contribution in [0.25, 0.3) is 0 Å². The van der Waals surface area contributed by atoms with Crippen LogP contribution in [0.2, 0.25) is 0 Å². The molecule has 0 aliphatic rings. The highest BCUT2D eigenvalue weighted by atomic mass is 32.2. The number of ether oxygens (including phenoxy) is 1. The van der Waals surface area contributed by atoms with E-state index in [2.05, 4.69) is 4.98 Å². The molecule has 1 aromatic rings. The maximum Gasteiger partial charge on any atom is 0.261 e. The fraction of sp³-hybridized carbons (Fsp3) is 0.444. The van der Waals surface area contributed by atoms with Crippen molar-refractivity contribution in [1.29, 1.82) is 0 Å². The van der Waals surface area contributed by atoms with Crippen molar-refractivity contribution in [3.05, 3.63) is 23.5 Å². The van der Waals surface area contributed by atoms with Crippen molar-refractivity contribution in [2.45, 2.75) is 13.8 Å². The quantitative estimate of drug-likeness (QED) is 0.738. The van der Waals surface area contributed by atoms with Crippen molar-refractivity contribution in [3.8, 4) is 5.75 Å². The molecule has 6 heteroatoms. The summed E-state index contributed by atoms with van der Waals surface area (Å²) in [5, 5.41) is 0. The van der Waals surface area contributed by atoms with Gasteiger partial charge in [-0.15, -0.1) is 0 Å². The van der Waals surface area contributed by atoms with E-state index < -0.39 is 10.1 Å². The zero-order valence-electron chi connectivity index (χ0n) is 9.18. The van der Waals surface area contributed by atoms with Gasteiger partial charge in [-0.05, 0) is 25.5 Å². The van der Waals surface area contributed by atoms with Crippen molar-refractivity contribution in [3.63, 3.8) is 0 Å². The number of aromatic nitrogens is 1. The number of aryl methyl sites for hydroxylation is 2. The summed E-state index contributed by atoms with van der Waals surface area (Å²) in [6, 6.07) is 1.97. The van der Waals surface area contributed by atoms with Gasteiger partial charge in [0.05, 0.1) is 19.6 Å². The van der Waals surface area contributed by atoms with E-state index >= 15 is 0 Å². The van der Waals surface area contributed by atoms with Crippen LogP contribution in [0.1, 0.15) is 11.3 Å². The van der Waals surface area contributed by atoms with E-state index in [0.717, 1.165) is 11.4 Å². The topological polar surface area (TPSA) is 76.5 Å². The van der Waals surface area contributed by atoms with Gasteiger partial charge < -0.3 is 4.74 Å². The molecule has 1 rings (SSSR count). The Morgan fingerprint density at radius 2 is 1.87 bits per heavy atom. The Morgan fingerprint density at radius 3 is 2.20 bits per heavy atom. The summed E-state index contributed by atoms with van der Waals surface area (Å²) in [5.74, 6) is 0.822. The summed E-state index contributed by atoms with van der Waals surface area (Å²) in [7, 11) is -2.02. The highest BCUT2D eigenvalue weighted by Gasteiger charge is 1.94. The molecule has 1 aromatic heterocycles. The standard InChI is InChI=1S/C8H11NO.CH4O3S/c1-6-4-8(10-3)5-9-7(6)2;1-5(2,3)4/h4-5H,1-3H3;1H3,(H,2,3,4). The van der Waals surface area contributed by atoms with Crippen LogP contribution in [0.4, 0.5) is 0 Å². The van der Waals surface area contributed by atoms with Gasteiger partial charge in [0.2, 0.25) is 0 Å². The predicted octanol–water partition coefficient (Wildman–Crippen LogP) is 1.21. The van der Waals surface area contributed by atoms with Crippen molar-refractivity contribution < 1.29 is 17.7 Å². The van der Waals surface area contributed by atoms with Gasteiger partial charge in [0.1, 0.15) is 5.75 Å². The average Bonchev–Trinajstić information content (AvgIpc) is 2.07. The zero-order valence-corrected chi connectivity index (χ0v) is 10.00. The van der Waals surface area contributed by atoms with Crippen LogP contribution in [-0.4, -0.2) is 31.3 Å². The fourth-order valence-corrected chi connectivity index (χ4v) is 0.729. The van der Waals surface area contributed by atoms with Crippen molar-refractivity contribution in [2.75, 3.05) is 13.4 Å². The molecule has 0 bridgehead atoms. The molecule has 0 unspecified atom stereocenters. The fourth-order valence-electron chi connectivity index (χ4n) is 0.729. The number of pyridine rings is 1. The first-order chi connectivity index (χ1) is 6.74. The normalized spacial score (nSPS) is 10.2. The van der Waals surface area contributed by atoms with E-state index in [0.29, 0.717) is 6.26 Å². The van der Waals surface area contributed by atoms with E-state index in [4.69, 9.17) is 9.29 Å². The SMILES string of the molecule is COc1cnc(C)c(C)c1.CS(=O)(=O)O. The lowest BCUT2D eigenvalue weighted by Gasteiger charge is -2.01. The van der Waals surface area contributed by atoms with Gasteiger partial charge in [0.15, 0.2) is 0 Å². The van der Waals surface area contributed by atoms with Crippen LogP contribution in [0, 0.1) is 13.8 Å². The molecule has 1 N–H and O–H groups in total. The molecule has 0 aromatic carbocycles. The van der Waals surface area contributed by atoms with Gasteiger partial charge in [-0.3, -0.25) is 9.54 Å². The number of nitrogens with zero attached hydrogens (tertiary/aromatic N) is 1. The van der Waals surface area contributed by atoms with Gasteiger partial charge in [0.25, 0.3) is 10.1 Å². The Kier molecular flexibility index (Phi) is 5.24. The van der Waals surface area contributed by atoms with Crippen molar-refractivity contribution in [2.24, 2.45) is 0 Å². The Hall–Kier alpha value is -1.14. The third-order valence-corrected chi connectivity index (χ3v) is 1.55. The molecule has 0 spiro atoms. The van der Waals surface area contributed by atoms with Crippen molar-refractivity contribution in [1.82, 2.24) is 4.98 Å². The summed E-state index contributed by atoms with van der Waals surface area (Å²) in [4.78, 5) is 4.12. The number of rotatable bonds is 1. The molecule has 86 valence electrons. The molecule has 0 aliphatic carbocycles. The van der Waals surface area contributed by atoms with E-state index in [1.165, 1.54) is 5.56 Å². The minimum atomic E-state index is -3.67. The van der Waals surface area contributed by atoms with E-state index in [9.17, 15) is 8.42 Å². The van der Waals surface area contributed by atoms with Gasteiger partial charge in [-0.25, -0.2) is 0 Å². The van der Waals surface area contributed by atoms with Crippen molar-refractivity contribution >= 4 is 10.1 Å². The minimum Gasteiger partial charge on any atom is -0.495 e. The lowest BCUT2D eigenvalue weighted by atomic mass is 10.2. The molecule has 5 nitrogen and oxygen atoms in total. The van der Waals surface area contributed by atoms with Crippen LogP contribution in [0.3, 0.4) is 0 Å². The Bertz CT molecular complexity index is 406. The van der Waals surface area contributed by atoms with Crippen LogP contribution >= 0.6 is 0 Å². The maximum atomic E-state index is 9.19. The van der Waals surface area contributed by atoms with E-state index in [1.807, 2.05) is 19.9 Å². The molecular weight excluding hydrogens is 218 g/mol. The Balaban J connectivity index is 0.000000336. The van der Waals surface area contributed by atoms with Gasteiger partial charge in [-0.1, -0.05) is 0 Å². The lowest BCUT2D eigenvalue weighted by molar-refractivity contribution is 0.412. The molecule has 15 heavy (non-hydrogen) atoms. The molecule has 0 saturated carbocycles. The van der Waals surface area contributed by atoms with E-state index in [-0.39, 0.29) is 0 Å². The third-order valence-electron chi connectivity index (χ3n) is 1.55. The van der Waals surface area contributed by atoms with Crippen LogP contribution < -0.4 is 4.74 Å². The maximum absolute atomic E-state index is 9.19. The monoisotopic (exact) mass is 233 g/mol. The molecule has 0 atom stereocenters. The van der Waals surface area contributed by atoms with Gasteiger partial charge >= 0.3 is 0 Å². The second-order valence-electron chi connectivity index (χ2n) is 3.01. The molecule has 0 amide bonds. The third kappa shape index (κ3) is 7.90. The van der Waals surface area contributed by atoms with Crippen LogP contribution in [0.15, 0.2) is 12.3 Å². The second kappa shape index (κ2) is 5.67. The number of hydrogen-bond acceptors (Lipinski definition) is 4. The summed E-state index contributed by atoms with van der Waals surface area (Å²) in [6.45, 7) is 4.00. The second-order valence-corrected chi connectivity index (χ2v) is 4.48. The summed E-state index contributed by atoms with van der Waals surface area (Å²) in [5.41, 5.74) is 2.22. The smallest absolute Gasteiger partial charge is 0.261 e. The molecule has 0 fully saturated rings. The first-order valence-corrected chi connectivity index (χ1v) is 5.98. The minimum absolute atomic E-state index is 0.715. The van der Waals surface area contributed by atoms with Gasteiger partial charge in [-0.2, -0.15) is 8.42 Å². The molecule has 1 heterocycles. The largest absolute Gasteiger partial charge is 0.495 e. The highest BCUT2D eigenvalue weighted by Crippen LogP contribution is 2.12. The predicted molar refractivity (Wildman–Crippen MR) is 57.7 cm³/mol. The van der Waals surface area contributed by atoms with Crippen LogP contribution in [-0.2, 0) is 10.1 Å². The zero-order chi connectivity index (χ0) is 12.1.